The average molecular weight is 618 g/mol. The van der Waals surface area contributed by atoms with Crippen LogP contribution >= 0.6 is 11.3 Å². The van der Waals surface area contributed by atoms with Gasteiger partial charge in [-0.3, -0.25) is 0 Å². The molecule has 220 valence electrons. The lowest BCUT2D eigenvalue weighted by atomic mass is 9.99. The van der Waals surface area contributed by atoms with Crippen LogP contribution in [-0.4, -0.2) is 0 Å². The van der Waals surface area contributed by atoms with Crippen molar-refractivity contribution in [2.45, 2.75) is 0 Å². The highest BCUT2D eigenvalue weighted by Crippen LogP contribution is 2.42. The van der Waals surface area contributed by atoms with Crippen LogP contribution in [0.1, 0.15) is 0 Å². The quantitative estimate of drug-likeness (QED) is 0.183. The van der Waals surface area contributed by atoms with Crippen molar-refractivity contribution in [1.82, 2.24) is 0 Å². The normalized spacial score (nSPS) is 11.8. The predicted octanol–water partition coefficient (Wildman–Crippen LogP) is 13.4. The van der Waals surface area contributed by atoms with E-state index < -0.39 is 0 Å². The van der Waals surface area contributed by atoms with Gasteiger partial charge in [0.15, 0.2) is 0 Å². The Bertz CT molecular complexity index is 2790. The summed E-state index contributed by atoms with van der Waals surface area (Å²) in [7, 11) is 0. The van der Waals surface area contributed by atoms with E-state index >= 15 is 0 Å². The molecule has 0 aliphatic heterocycles. The van der Waals surface area contributed by atoms with E-state index in [1.165, 1.54) is 52.8 Å². The average Bonchev–Trinajstić information content (AvgIpc) is 3.69. The van der Waals surface area contributed by atoms with Crippen molar-refractivity contribution in [2.24, 2.45) is 0 Å². The van der Waals surface area contributed by atoms with Crippen LogP contribution in [0.5, 0.6) is 0 Å². The first-order chi connectivity index (χ1) is 23.3. The summed E-state index contributed by atoms with van der Waals surface area (Å²) in [6.07, 6.45) is 0. The predicted molar refractivity (Wildman–Crippen MR) is 202 cm³/mol. The molecule has 3 heteroatoms. The minimum atomic E-state index is 0.883. The zero-order chi connectivity index (χ0) is 30.9. The van der Waals surface area contributed by atoms with E-state index in [0.717, 1.165) is 39.0 Å². The molecule has 10 rings (SSSR count). The van der Waals surface area contributed by atoms with E-state index in [9.17, 15) is 0 Å². The highest BCUT2D eigenvalue weighted by atomic mass is 32.1. The summed E-state index contributed by atoms with van der Waals surface area (Å²) in [5, 5.41) is 9.96. The molecule has 47 heavy (non-hydrogen) atoms. The Labute approximate surface area is 275 Å². The summed E-state index contributed by atoms with van der Waals surface area (Å²) in [6.45, 7) is 0. The van der Waals surface area contributed by atoms with Crippen molar-refractivity contribution < 1.29 is 4.42 Å². The second-order valence-corrected chi connectivity index (χ2v) is 13.2. The molecule has 0 fully saturated rings. The third kappa shape index (κ3) is 4.25. The van der Waals surface area contributed by atoms with Crippen LogP contribution in [0.2, 0.25) is 0 Å². The number of nitrogens with zero attached hydrogens (tertiary/aromatic N) is 1. The maximum atomic E-state index is 6.34. The summed E-state index contributed by atoms with van der Waals surface area (Å²) in [5.41, 5.74) is 7.43. The fourth-order valence-corrected chi connectivity index (χ4v) is 8.27. The van der Waals surface area contributed by atoms with Crippen LogP contribution in [0.15, 0.2) is 168 Å². The number of benzene rings is 8. The number of fused-ring (bicyclic) bond motifs is 9. The minimum absolute atomic E-state index is 0.883. The highest BCUT2D eigenvalue weighted by molar-refractivity contribution is 7.25. The molecule has 2 heterocycles. The summed E-state index contributed by atoms with van der Waals surface area (Å²) >= 11 is 1.87. The van der Waals surface area contributed by atoms with E-state index in [1.54, 1.807) is 0 Å². The van der Waals surface area contributed by atoms with Gasteiger partial charge in [-0.1, -0.05) is 97.1 Å². The van der Waals surface area contributed by atoms with Crippen molar-refractivity contribution >= 4 is 92.1 Å². The molecule has 0 N–H and O–H groups in total. The summed E-state index contributed by atoms with van der Waals surface area (Å²) in [5.74, 6) is 0. The Morgan fingerprint density at radius 2 is 1.00 bits per heavy atom. The molecule has 0 bridgehead atoms. The molecular weight excluding hydrogens is 591 g/mol. The van der Waals surface area contributed by atoms with Gasteiger partial charge in [-0.05, 0) is 93.3 Å². The van der Waals surface area contributed by atoms with Crippen LogP contribution in [0.3, 0.4) is 0 Å². The Morgan fingerprint density at radius 3 is 1.85 bits per heavy atom. The zero-order valence-electron chi connectivity index (χ0n) is 25.4. The van der Waals surface area contributed by atoms with Crippen molar-refractivity contribution in [2.75, 3.05) is 4.90 Å². The number of hydrogen-bond acceptors (Lipinski definition) is 3. The van der Waals surface area contributed by atoms with Gasteiger partial charge in [0.1, 0.15) is 11.2 Å². The lowest BCUT2D eigenvalue weighted by Gasteiger charge is -2.26. The maximum Gasteiger partial charge on any atom is 0.137 e. The second-order valence-electron chi connectivity index (χ2n) is 12.2. The largest absolute Gasteiger partial charge is 0.456 e. The minimum Gasteiger partial charge on any atom is -0.456 e. The van der Waals surface area contributed by atoms with Crippen molar-refractivity contribution in [3.8, 4) is 11.1 Å². The van der Waals surface area contributed by atoms with Crippen LogP contribution in [0.4, 0.5) is 17.1 Å². The topological polar surface area (TPSA) is 16.4 Å². The third-order valence-corrected chi connectivity index (χ3v) is 10.6. The van der Waals surface area contributed by atoms with Gasteiger partial charge in [-0.15, -0.1) is 11.3 Å². The molecule has 0 spiro atoms. The summed E-state index contributed by atoms with van der Waals surface area (Å²) in [4.78, 5) is 2.33. The first-order valence-electron chi connectivity index (χ1n) is 15.9. The number of rotatable bonds is 4. The first kappa shape index (κ1) is 26.3. The number of furan rings is 1. The van der Waals surface area contributed by atoms with E-state index in [2.05, 4.69) is 157 Å². The van der Waals surface area contributed by atoms with Gasteiger partial charge in [0.05, 0.1) is 0 Å². The molecule has 0 aliphatic rings. The molecule has 2 aromatic heterocycles. The second kappa shape index (κ2) is 10.3. The molecular formula is C44H27NOS. The molecule has 0 unspecified atom stereocenters. The maximum absolute atomic E-state index is 6.34. The standard InChI is InChI=1S/C44H27NOS/c1-2-8-28(9-3-1)29-16-18-32(19-17-29)45(34-21-23-37-36-10-4-6-12-41(36)46-42(37)26-34)33-20-22-35-30(24-33)14-15-31-25-40-38-11-5-7-13-43(38)47-44(40)27-39(31)35/h1-27H. The molecule has 0 radical (unpaired) electrons. The Hall–Kier alpha value is -5.90. The van der Waals surface area contributed by atoms with Crippen molar-refractivity contribution in [3.05, 3.63) is 164 Å². The SMILES string of the molecule is c1ccc(-c2ccc(N(c3ccc4c(ccc5cc6c(cc54)sc4ccccc46)c3)c3ccc4c(c3)oc3ccccc34)cc2)cc1. The smallest absolute Gasteiger partial charge is 0.137 e. The van der Waals surface area contributed by atoms with E-state index in [1.807, 2.05) is 23.5 Å². The van der Waals surface area contributed by atoms with Gasteiger partial charge >= 0.3 is 0 Å². The lowest BCUT2D eigenvalue weighted by Crippen LogP contribution is -2.09. The molecule has 0 amide bonds. The zero-order valence-corrected chi connectivity index (χ0v) is 26.2. The third-order valence-electron chi connectivity index (χ3n) is 9.43. The lowest BCUT2D eigenvalue weighted by molar-refractivity contribution is 0.669. The van der Waals surface area contributed by atoms with Crippen LogP contribution < -0.4 is 4.90 Å². The number of anilines is 3. The van der Waals surface area contributed by atoms with Crippen molar-refractivity contribution in [3.63, 3.8) is 0 Å². The van der Waals surface area contributed by atoms with Crippen LogP contribution in [-0.2, 0) is 0 Å². The molecule has 8 aromatic carbocycles. The monoisotopic (exact) mass is 617 g/mol. The first-order valence-corrected chi connectivity index (χ1v) is 16.7. The van der Waals surface area contributed by atoms with Crippen LogP contribution in [0.25, 0.3) is 74.8 Å². The van der Waals surface area contributed by atoms with Crippen molar-refractivity contribution in [1.29, 1.82) is 0 Å². The van der Waals surface area contributed by atoms with Gasteiger partial charge in [-0.25, -0.2) is 0 Å². The van der Waals surface area contributed by atoms with E-state index in [0.29, 0.717) is 0 Å². The Balaban J connectivity index is 1.14. The van der Waals surface area contributed by atoms with Gasteiger partial charge in [0.2, 0.25) is 0 Å². The van der Waals surface area contributed by atoms with E-state index in [-0.39, 0.29) is 0 Å². The van der Waals surface area contributed by atoms with Crippen LogP contribution in [0, 0.1) is 0 Å². The van der Waals surface area contributed by atoms with Gasteiger partial charge in [0, 0.05) is 54.1 Å². The highest BCUT2D eigenvalue weighted by Gasteiger charge is 2.17. The number of hydrogen-bond donors (Lipinski definition) is 0. The molecule has 0 aliphatic carbocycles. The number of para-hydroxylation sites is 1. The fraction of sp³-hybridized carbons (Fsp3) is 0. The Morgan fingerprint density at radius 1 is 0.362 bits per heavy atom. The summed E-state index contributed by atoms with van der Waals surface area (Å²) < 4.78 is 9.00. The fourth-order valence-electron chi connectivity index (χ4n) is 7.15. The molecule has 10 aromatic rings. The molecule has 0 saturated heterocycles. The van der Waals surface area contributed by atoms with Gasteiger partial charge in [0.25, 0.3) is 0 Å². The van der Waals surface area contributed by atoms with Gasteiger partial charge in [-0.2, -0.15) is 0 Å². The molecule has 0 atom stereocenters. The molecule has 2 nitrogen and oxygen atoms in total. The van der Waals surface area contributed by atoms with E-state index in [4.69, 9.17) is 4.42 Å². The number of thiophene rings is 1. The summed E-state index contributed by atoms with van der Waals surface area (Å²) in [6, 6.07) is 59.1. The van der Waals surface area contributed by atoms with Gasteiger partial charge < -0.3 is 9.32 Å². The Kier molecular flexibility index (Phi) is 5.78. The molecule has 0 saturated carbocycles.